The molecule has 1 aromatic rings. The van der Waals surface area contributed by atoms with Crippen LogP contribution in [0.15, 0.2) is 12.1 Å². The molecule has 6 nitrogen and oxygen atoms in total. The highest BCUT2D eigenvalue weighted by molar-refractivity contribution is 5.88. The SMILES string of the molecule is O=C(Nc1ccc(C2CC2)nn1)N1CC2CCC(O)CC2C1. The number of carbonyl (C=O) groups excluding carboxylic acids is 1. The molecule has 3 aliphatic rings. The molecule has 1 aliphatic heterocycles. The van der Waals surface area contributed by atoms with Crippen molar-refractivity contribution in [2.24, 2.45) is 11.8 Å². The van der Waals surface area contributed by atoms with Gasteiger partial charge in [-0.1, -0.05) is 0 Å². The molecule has 4 rings (SSSR count). The number of urea groups is 1. The number of likely N-dealkylation sites (tertiary alicyclic amines) is 1. The van der Waals surface area contributed by atoms with Crippen LogP contribution in [-0.2, 0) is 0 Å². The molecule has 3 atom stereocenters. The number of hydrogen-bond acceptors (Lipinski definition) is 4. The van der Waals surface area contributed by atoms with Gasteiger partial charge in [0, 0.05) is 19.0 Å². The van der Waals surface area contributed by atoms with Crippen molar-refractivity contribution in [1.29, 1.82) is 0 Å². The normalized spacial score (nSPS) is 31.0. The Balaban J connectivity index is 1.36. The van der Waals surface area contributed by atoms with Gasteiger partial charge in [0.15, 0.2) is 5.82 Å². The molecule has 3 unspecified atom stereocenters. The Bertz CT molecular complexity index is 558. The molecular weight excluding hydrogens is 280 g/mol. The third-order valence-corrected chi connectivity index (χ3v) is 5.22. The number of hydrogen-bond donors (Lipinski definition) is 2. The highest BCUT2D eigenvalue weighted by Gasteiger charge is 2.39. The Kier molecular flexibility index (Phi) is 3.48. The number of carbonyl (C=O) groups is 1. The first-order valence-electron chi connectivity index (χ1n) is 8.26. The third-order valence-electron chi connectivity index (χ3n) is 5.22. The quantitative estimate of drug-likeness (QED) is 0.875. The van der Waals surface area contributed by atoms with E-state index in [-0.39, 0.29) is 12.1 Å². The van der Waals surface area contributed by atoms with Crippen molar-refractivity contribution in [3.05, 3.63) is 17.8 Å². The van der Waals surface area contributed by atoms with Crippen LogP contribution in [0.3, 0.4) is 0 Å². The lowest BCUT2D eigenvalue weighted by molar-refractivity contribution is 0.0866. The van der Waals surface area contributed by atoms with E-state index in [0.29, 0.717) is 23.6 Å². The zero-order valence-electron chi connectivity index (χ0n) is 12.6. The molecule has 2 heterocycles. The minimum atomic E-state index is -0.190. The van der Waals surface area contributed by atoms with Crippen molar-refractivity contribution >= 4 is 11.8 Å². The van der Waals surface area contributed by atoms with Crippen molar-refractivity contribution < 1.29 is 9.90 Å². The number of aromatic nitrogens is 2. The van der Waals surface area contributed by atoms with Gasteiger partial charge < -0.3 is 10.0 Å². The molecular formula is C16H22N4O2. The van der Waals surface area contributed by atoms with Crippen LogP contribution in [-0.4, -0.2) is 45.4 Å². The summed E-state index contributed by atoms with van der Waals surface area (Å²) in [7, 11) is 0. The predicted octanol–water partition coefficient (Wildman–Crippen LogP) is 1.98. The summed E-state index contributed by atoms with van der Waals surface area (Å²) >= 11 is 0. The number of amides is 2. The van der Waals surface area contributed by atoms with Crippen molar-refractivity contribution in [3.63, 3.8) is 0 Å². The van der Waals surface area contributed by atoms with Gasteiger partial charge in [0.2, 0.25) is 0 Å². The zero-order valence-corrected chi connectivity index (χ0v) is 12.6. The van der Waals surface area contributed by atoms with Gasteiger partial charge in [-0.15, -0.1) is 5.10 Å². The van der Waals surface area contributed by atoms with E-state index in [1.807, 2.05) is 17.0 Å². The molecule has 3 fully saturated rings. The largest absolute Gasteiger partial charge is 0.393 e. The number of aliphatic hydroxyl groups excluding tert-OH is 1. The standard InChI is InChI=1S/C16H22N4O2/c21-13-4-3-11-8-20(9-12(11)7-13)16(22)17-15-6-5-14(18-19-15)10-1-2-10/h5-6,10-13,21H,1-4,7-9H2,(H,17,19,22). The fourth-order valence-corrected chi connectivity index (χ4v) is 3.77. The third kappa shape index (κ3) is 2.79. The van der Waals surface area contributed by atoms with E-state index in [0.717, 1.165) is 38.0 Å². The van der Waals surface area contributed by atoms with Gasteiger partial charge in [0.25, 0.3) is 0 Å². The van der Waals surface area contributed by atoms with Crippen molar-refractivity contribution in [2.75, 3.05) is 18.4 Å². The Labute approximate surface area is 129 Å². The molecule has 2 aliphatic carbocycles. The van der Waals surface area contributed by atoms with Crippen LogP contribution in [0.4, 0.5) is 10.6 Å². The summed E-state index contributed by atoms with van der Waals surface area (Å²) in [5, 5.41) is 20.9. The van der Waals surface area contributed by atoms with E-state index < -0.39 is 0 Å². The topological polar surface area (TPSA) is 78.4 Å². The average Bonchev–Trinajstić information content (AvgIpc) is 3.27. The van der Waals surface area contributed by atoms with Crippen LogP contribution in [0.5, 0.6) is 0 Å². The number of nitrogens with zero attached hydrogens (tertiary/aromatic N) is 3. The summed E-state index contributed by atoms with van der Waals surface area (Å²) in [5.74, 6) is 2.07. The van der Waals surface area contributed by atoms with E-state index in [4.69, 9.17) is 0 Å². The summed E-state index contributed by atoms with van der Waals surface area (Å²) in [6.07, 6.45) is 4.91. The van der Waals surface area contributed by atoms with E-state index in [1.165, 1.54) is 12.8 Å². The molecule has 2 N–H and O–H groups in total. The maximum atomic E-state index is 12.4. The van der Waals surface area contributed by atoms with Crippen molar-refractivity contribution in [1.82, 2.24) is 15.1 Å². The highest BCUT2D eigenvalue weighted by Crippen LogP contribution is 2.39. The number of fused-ring (bicyclic) bond motifs is 1. The lowest BCUT2D eigenvalue weighted by Crippen LogP contribution is -2.33. The first kappa shape index (κ1) is 13.9. The van der Waals surface area contributed by atoms with E-state index in [2.05, 4.69) is 15.5 Å². The average molecular weight is 302 g/mol. The molecule has 118 valence electrons. The number of rotatable bonds is 2. The molecule has 0 aromatic carbocycles. The van der Waals surface area contributed by atoms with Gasteiger partial charge in [0.1, 0.15) is 0 Å². The van der Waals surface area contributed by atoms with Crippen molar-refractivity contribution in [3.8, 4) is 0 Å². The second-order valence-corrected chi connectivity index (χ2v) is 6.94. The Morgan fingerprint density at radius 1 is 1.14 bits per heavy atom. The smallest absolute Gasteiger partial charge is 0.323 e. The molecule has 22 heavy (non-hydrogen) atoms. The minimum Gasteiger partial charge on any atom is -0.393 e. The molecule has 6 heteroatoms. The van der Waals surface area contributed by atoms with Crippen LogP contribution < -0.4 is 5.32 Å². The minimum absolute atomic E-state index is 0.0997. The molecule has 0 bridgehead atoms. The molecule has 1 aromatic heterocycles. The Hall–Kier alpha value is -1.69. The lowest BCUT2D eigenvalue weighted by atomic mass is 9.80. The second kappa shape index (κ2) is 5.50. The Morgan fingerprint density at radius 3 is 2.68 bits per heavy atom. The van der Waals surface area contributed by atoms with Gasteiger partial charge in [-0.05, 0) is 56.1 Å². The summed E-state index contributed by atoms with van der Waals surface area (Å²) in [4.78, 5) is 14.2. The Morgan fingerprint density at radius 2 is 1.95 bits per heavy atom. The number of anilines is 1. The van der Waals surface area contributed by atoms with E-state index in [9.17, 15) is 9.90 Å². The predicted molar refractivity (Wildman–Crippen MR) is 81.4 cm³/mol. The maximum absolute atomic E-state index is 12.4. The summed E-state index contributed by atoms with van der Waals surface area (Å²) in [6, 6.07) is 3.70. The number of aliphatic hydroxyl groups is 1. The molecule has 2 amide bonds. The van der Waals surface area contributed by atoms with Gasteiger partial charge in [0.05, 0.1) is 11.8 Å². The van der Waals surface area contributed by atoms with E-state index >= 15 is 0 Å². The molecule has 2 saturated carbocycles. The van der Waals surface area contributed by atoms with Gasteiger partial charge in [-0.25, -0.2) is 4.79 Å². The zero-order chi connectivity index (χ0) is 15.1. The summed E-state index contributed by atoms with van der Waals surface area (Å²) < 4.78 is 0. The van der Waals surface area contributed by atoms with Gasteiger partial charge in [-0.3, -0.25) is 5.32 Å². The van der Waals surface area contributed by atoms with Crippen LogP contribution in [0, 0.1) is 11.8 Å². The van der Waals surface area contributed by atoms with Crippen molar-refractivity contribution in [2.45, 2.75) is 44.1 Å². The number of nitrogens with one attached hydrogen (secondary N) is 1. The van der Waals surface area contributed by atoms with Crippen LogP contribution >= 0.6 is 0 Å². The summed E-state index contributed by atoms with van der Waals surface area (Å²) in [5.41, 5.74) is 1.03. The van der Waals surface area contributed by atoms with Crippen LogP contribution in [0.2, 0.25) is 0 Å². The van der Waals surface area contributed by atoms with Crippen LogP contribution in [0.1, 0.15) is 43.7 Å². The van der Waals surface area contributed by atoms with E-state index in [1.54, 1.807) is 0 Å². The lowest BCUT2D eigenvalue weighted by Gasteiger charge is -2.27. The monoisotopic (exact) mass is 302 g/mol. The molecule has 1 saturated heterocycles. The first-order chi connectivity index (χ1) is 10.7. The fraction of sp³-hybridized carbons (Fsp3) is 0.688. The molecule has 0 radical (unpaired) electrons. The highest BCUT2D eigenvalue weighted by atomic mass is 16.3. The first-order valence-corrected chi connectivity index (χ1v) is 8.26. The van der Waals surface area contributed by atoms with Gasteiger partial charge >= 0.3 is 6.03 Å². The van der Waals surface area contributed by atoms with Crippen LogP contribution in [0.25, 0.3) is 0 Å². The molecule has 0 spiro atoms. The summed E-state index contributed by atoms with van der Waals surface area (Å²) in [6.45, 7) is 1.53. The van der Waals surface area contributed by atoms with Gasteiger partial charge in [-0.2, -0.15) is 5.10 Å². The maximum Gasteiger partial charge on any atom is 0.323 e. The second-order valence-electron chi connectivity index (χ2n) is 6.94. The fourth-order valence-electron chi connectivity index (χ4n) is 3.77.